The lowest BCUT2D eigenvalue weighted by Crippen LogP contribution is -2.16. The minimum Gasteiger partial charge on any atom is -0.369 e. The maximum Gasteiger partial charge on any atom is 0.228 e. The van der Waals surface area contributed by atoms with Gasteiger partial charge in [0.25, 0.3) is 0 Å². The molecule has 0 saturated heterocycles. The molecule has 0 bridgehead atoms. The number of nitrogens with two attached hydrogens (primary N) is 1. The Morgan fingerprint density at radius 2 is 2.22 bits per heavy atom. The van der Waals surface area contributed by atoms with Crippen LogP contribution in [0.2, 0.25) is 0 Å². The molecule has 1 aliphatic rings. The number of rotatable bonds is 6. The van der Waals surface area contributed by atoms with Crippen LogP contribution >= 0.6 is 11.8 Å². The van der Waals surface area contributed by atoms with Crippen molar-refractivity contribution in [3.8, 4) is 0 Å². The third-order valence-corrected chi connectivity index (χ3v) is 4.89. The molecule has 0 spiro atoms. The molecule has 1 aromatic heterocycles. The first-order chi connectivity index (χ1) is 11.0. The average molecular weight is 330 g/mol. The van der Waals surface area contributed by atoms with Gasteiger partial charge in [-0.05, 0) is 30.0 Å². The van der Waals surface area contributed by atoms with Crippen molar-refractivity contribution in [2.75, 3.05) is 11.1 Å². The largest absolute Gasteiger partial charge is 0.369 e. The van der Waals surface area contributed by atoms with Gasteiger partial charge in [0.05, 0.1) is 17.6 Å². The Morgan fingerprint density at radius 3 is 2.91 bits per heavy atom. The normalized spacial score (nSPS) is 19.3. The SMILES string of the molecule is Cn1cc(C2CC2C(=O)Nc2ccccc2SCC(N)=O)cn1. The fourth-order valence-corrected chi connectivity index (χ4v) is 3.30. The summed E-state index contributed by atoms with van der Waals surface area (Å²) >= 11 is 1.33. The van der Waals surface area contributed by atoms with Gasteiger partial charge in [0, 0.05) is 24.1 Å². The van der Waals surface area contributed by atoms with Crippen molar-refractivity contribution < 1.29 is 9.59 Å². The molecule has 0 radical (unpaired) electrons. The number of amides is 2. The van der Waals surface area contributed by atoms with Crippen molar-refractivity contribution in [2.45, 2.75) is 17.2 Å². The highest BCUT2D eigenvalue weighted by Gasteiger charge is 2.44. The van der Waals surface area contributed by atoms with Crippen LogP contribution in [0.3, 0.4) is 0 Å². The standard InChI is InChI=1S/C16H18N4O2S/c1-20-8-10(7-18-20)11-6-12(11)16(22)19-13-4-2-3-5-14(13)23-9-15(17)21/h2-5,7-8,11-12H,6,9H2,1H3,(H2,17,21)(H,19,22). The second kappa shape index (κ2) is 6.45. The van der Waals surface area contributed by atoms with Crippen LogP contribution < -0.4 is 11.1 Å². The summed E-state index contributed by atoms with van der Waals surface area (Å²) in [6.45, 7) is 0. The van der Waals surface area contributed by atoms with Crippen LogP contribution in [-0.4, -0.2) is 27.3 Å². The molecule has 23 heavy (non-hydrogen) atoms. The Hall–Kier alpha value is -2.28. The number of aromatic nitrogens is 2. The van der Waals surface area contributed by atoms with Gasteiger partial charge in [-0.3, -0.25) is 14.3 Å². The zero-order chi connectivity index (χ0) is 16.4. The second-order valence-electron chi connectivity index (χ2n) is 5.64. The molecule has 0 aliphatic heterocycles. The first kappa shape index (κ1) is 15.6. The predicted molar refractivity (Wildman–Crippen MR) is 89.0 cm³/mol. The van der Waals surface area contributed by atoms with Gasteiger partial charge in [0.2, 0.25) is 11.8 Å². The molecule has 7 heteroatoms. The van der Waals surface area contributed by atoms with E-state index < -0.39 is 0 Å². The van der Waals surface area contributed by atoms with E-state index in [0.717, 1.165) is 22.6 Å². The summed E-state index contributed by atoms with van der Waals surface area (Å²) in [6, 6.07) is 7.43. The lowest BCUT2D eigenvalue weighted by Gasteiger charge is -2.10. The Morgan fingerprint density at radius 1 is 1.43 bits per heavy atom. The summed E-state index contributed by atoms with van der Waals surface area (Å²) in [5.41, 5.74) is 7.00. The molecule has 2 aromatic rings. The highest BCUT2D eigenvalue weighted by atomic mass is 32.2. The van der Waals surface area contributed by atoms with Crippen LogP contribution in [0.4, 0.5) is 5.69 Å². The van der Waals surface area contributed by atoms with Gasteiger partial charge >= 0.3 is 0 Å². The molecule has 6 nitrogen and oxygen atoms in total. The van der Waals surface area contributed by atoms with Crippen LogP contribution in [0.25, 0.3) is 0 Å². The number of aryl methyl sites for hydroxylation is 1. The summed E-state index contributed by atoms with van der Waals surface area (Å²) in [4.78, 5) is 24.2. The Bertz CT molecular complexity index is 743. The fraction of sp³-hybridized carbons (Fsp3) is 0.312. The molecule has 2 amide bonds. The zero-order valence-corrected chi connectivity index (χ0v) is 13.5. The van der Waals surface area contributed by atoms with E-state index in [0.29, 0.717) is 0 Å². The number of para-hydroxylation sites is 1. The molecule has 3 rings (SSSR count). The minimum absolute atomic E-state index is 0.00554. The van der Waals surface area contributed by atoms with Crippen molar-refractivity contribution in [3.05, 3.63) is 42.2 Å². The third kappa shape index (κ3) is 3.73. The first-order valence-corrected chi connectivity index (χ1v) is 8.32. The van der Waals surface area contributed by atoms with E-state index in [1.54, 1.807) is 4.68 Å². The van der Waals surface area contributed by atoms with E-state index in [1.807, 2.05) is 43.7 Å². The maximum atomic E-state index is 12.4. The monoisotopic (exact) mass is 330 g/mol. The molecular formula is C16H18N4O2S. The van der Waals surface area contributed by atoms with Gasteiger partial charge in [-0.25, -0.2) is 0 Å². The Labute approximate surface area is 138 Å². The van der Waals surface area contributed by atoms with Gasteiger partial charge in [0.15, 0.2) is 0 Å². The van der Waals surface area contributed by atoms with Gasteiger partial charge in [-0.2, -0.15) is 5.10 Å². The van der Waals surface area contributed by atoms with Gasteiger partial charge in [-0.15, -0.1) is 11.8 Å². The zero-order valence-electron chi connectivity index (χ0n) is 12.7. The number of nitrogens with zero attached hydrogens (tertiary/aromatic N) is 2. The van der Waals surface area contributed by atoms with Crippen LogP contribution in [0, 0.1) is 5.92 Å². The molecule has 2 atom stereocenters. The maximum absolute atomic E-state index is 12.4. The highest BCUT2D eigenvalue weighted by Crippen LogP contribution is 2.48. The molecule has 1 saturated carbocycles. The Balaban J connectivity index is 1.64. The van der Waals surface area contributed by atoms with Crippen LogP contribution in [0.5, 0.6) is 0 Å². The van der Waals surface area contributed by atoms with Crippen LogP contribution in [-0.2, 0) is 16.6 Å². The molecule has 1 aliphatic carbocycles. The van der Waals surface area contributed by atoms with Gasteiger partial charge < -0.3 is 11.1 Å². The number of carbonyl (C=O) groups is 2. The summed E-state index contributed by atoms with van der Waals surface area (Å²) < 4.78 is 1.75. The quantitative estimate of drug-likeness (QED) is 0.790. The first-order valence-electron chi connectivity index (χ1n) is 7.34. The van der Waals surface area contributed by atoms with Crippen molar-refractivity contribution in [1.82, 2.24) is 9.78 Å². The molecule has 1 aromatic carbocycles. The van der Waals surface area contributed by atoms with Crippen LogP contribution in [0.15, 0.2) is 41.6 Å². The van der Waals surface area contributed by atoms with Crippen molar-refractivity contribution >= 4 is 29.3 Å². The number of anilines is 1. The third-order valence-electron chi connectivity index (χ3n) is 3.80. The number of primary amides is 1. The molecule has 2 unspecified atom stereocenters. The minimum atomic E-state index is -0.380. The van der Waals surface area contributed by atoms with Gasteiger partial charge in [0.1, 0.15) is 0 Å². The van der Waals surface area contributed by atoms with E-state index in [2.05, 4.69) is 10.4 Å². The fourth-order valence-electron chi connectivity index (χ4n) is 2.55. The van der Waals surface area contributed by atoms with Crippen molar-refractivity contribution in [2.24, 2.45) is 18.7 Å². The van der Waals surface area contributed by atoms with E-state index in [-0.39, 0.29) is 29.4 Å². The lowest BCUT2D eigenvalue weighted by molar-refractivity contribution is -0.117. The second-order valence-corrected chi connectivity index (χ2v) is 6.65. The van der Waals surface area contributed by atoms with E-state index in [4.69, 9.17) is 5.73 Å². The lowest BCUT2D eigenvalue weighted by atomic mass is 10.2. The highest BCUT2D eigenvalue weighted by molar-refractivity contribution is 8.00. The molecule has 3 N–H and O–H groups in total. The summed E-state index contributed by atoms with van der Waals surface area (Å²) in [5.74, 6) is 0.0395. The number of nitrogens with one attached hydrogen (secondary N) is 1. The number of carbonyl (C=O) groups excluding carboxylic acids is 2. The summed E-state index contributed by atoms with van der Waals surface area (Å²) in [6.07, 6.45) is 4.61. The summed E-state index contributed by atoms with van der Waals surface area (Å²) in [7, 11) is 1.87. The predicted octanol–water partition coefficient (Wildman–Crippen LogP) is 1.74. The molecular weight excluding hydrogens is 312 g/mol. The molecule has 120 valence electrons. The smallest absolute Gasteiger partial charge is 0.228 e. The van der Waals surface area contributed by atoms with E-state index in [1.165, 1.54) is 11.8 Å². The van der Waals surface area contributed by atoms with E-state index in [9.17, 15) is 9.59 Å². The van der Waals surface area contributed by atoms with Crippen molar-refractivity contribution in [3.63, 3.8) is 0 Å². The van der Waals surface area contributed by atoms with Gasteiger partial charge in [-0.1, -0.05) is 12.1 Å². The number of benzene rings is 1. The average Bonchev–Trinajstić information content (AvgIpc) is 3.21. The number of hydrogen-bond donors (Lipinski definition) is 2. The van der Waals surface area contributed by atoms with Crippen LogP contribution in [0.1, 0.15) is 17.9 Å². The van der Waals surface area contributed by atoms with E-state index >= 15 is 0 Å². The number of hydrogen-bond acceptors (Lipinski definition) is 4. The molecule has 1 fully saturated rings. The summed E-state index contributed by atoms with van der Waals surface area (Å²) in [5, 5.41) is 7.11. The Kier molecular flexibility index (Phi) is 4.38. The molecule has 1 heterocycles. The van der Waals surface area contributed by atoms with Crippen molar-refractivity contribution in [1.29, 1.82) is 0 Å². The number of thioether (sulfide) groups is 1. The topological polar surface area (TPSA) is 90.0 Å².